The predicted octanol–water partition coefficient (Wildman–Crippen LogP) is 1.87. The molecule has 1 aromatic rings. The smallest absolute Gasteiger partial charge is 0.0736 e. The van der Waals surface area contributed by atoms with Crippen LogP contribution in [0.5, 0.6) is 0 Å². The number of nitrogens with zero attached hydrogens (tertiary/aromatic N) is 1. The number of aliphatic hydroxyl groups excluding tert-OH is 1. The number of nitrogens with two attached hydrogens (primary N) is 1. The van der Waals surface area contributed by atoms with Crippen LogP contribution < -0.4 is 11.1 Å². The molecule has 1 heterocycles. The van der Waals surface area contributed by atoms with Gasteiger partial charge in [0.25, 0.3) is 0 Å². The van der Waals surface area contributed by atoms with Gasteiger partial charge in [0, 0.05) is 18.8 Å². The second-order valence-electron chi connectivity index (χ2n) is 5.04. The molecule has 0 aliphatic rings. The van der Waals surface area contributed by atoms with Crippen LogP contribution in [0.25, 0.3) is 0 Å². The Balaban J connectivity index is 2.80. The van der Waals surface area contributed by atoms with E-state index in [1.807, 2.05) is 6.07 Å². The van der Waals surface area contributed by atoms with Crippen molar-refractivity contribution in [2.45, 2.75) is 33.2 Å². The molecule has 0 saturated heterocycles. The van der Waals surface area contributed by atoms with E-state index in [-0.39, 0.29) is 18.1 Å². The molecule has 16 heavy (non-hydrogen) atoms. The van der Waals surface area contributed by atoms with Crippen LogP contribution in [0.1, 0.15) is 27.2 Å². The summed E-state index contributed by atoms with van der Waals surface area (Å²) in [7, 11) is 0. The lowest BCUT2D eigenvalue weighted by molar-refractivity contribution is 0.235. The minimum atomic E-state index is 0.0679. The Morgan fingerprint density at radius 1 is 1.50 bits per heavy atom. The van der Waals surface area contributed by atoms with Crippen LogP contribution in [-0.4, -0.2) is 22.7 Å². The second kappa shape index (κ2) is 5.16. The van der Waals surface area contributed by atoms with Crippen LogP contribution in [0, 0.1) is 5.41 Å². The van der Waals surface area contributed by atoms with Crippen molar-refractivity contribution in [1.82, 2.24) is 4.98 Å². The molecule has 1 atom stereocenters. The first kappa shape index (κ1) is 12.8. The normalized spacial score (nSPS) is 13.5. The highest BCUT2D eigenvalue weighted by Crippen LogP contribution is 2.27. The molecule has 0 fully saturated rings. The van der Waals surface area contributed by atoms with Crippen molar-refractivity contribution in [3.05, 3.63) is 18.5 Å². The zero-order valence-corrected chi connectivity index (χ0v) is 10.2. The number of hydrogen-bond donors (Lipinski definition) is 3. The Kier molecular flexibility index (Phi) is 4.12. The Morgan fingerprint density at radius 3 is 2.69 bits per heavy atom. The fourth-order valence-electron chi connectivity index (χ4n) is 1.58. The number of aliphatic hydroxyl groups is 1. The third kappa shape index (κ3) is 3.38. The van der Waals surface area contributed by atoms with E-state index >= 15 is 0 Å². The van der Waals surface area contributed by atoms with E-state index in [4.69, 9.17) is 10.8 Å². The van der Waals surface area contributed by atoms with Crippen LogP contribution in [0.4, 0.5) is 11.4 Å². The van der Waals surface area contributed by atoms with Gasteiger partial charge in [0.2, 0.25) is 0 Å². The Morgan fingerprint density at radius 2 is 2.19 bits per heavy atom. The number of nitrogens with one attached hydrogen (secondary N) is 1. The maximum absolute atomic E-state index is 9.06. The van der Waals surface area contributed by atoms with Gasteiger partial charge in [-0.2, -0.15) is 0 Å². The molecule has 0 bridgehead atoms. The lowest BCUT2D eigenvalue weighted by Gasteiger charge is -2.32. The van der Waals surface area contributed by atoms with Gasteiger partial charge in [-0.15, -0.1) is 0 Å². The van der Waals surface area contributed by atoms with E-state index in [2.05, 4.69) is 31.1 Å². The molecule has 90 valence electrons. The van der Waals surface area contributed by atoms with Crippen molar-refractivity contribution in [2.24, 2.45) is 5.41 Å². The number of aromatic nitrogens is 1. The quantitative estimate of drug-likeness (QED) is 0.728. The van der Waals surface area contributed by atoms with E-state index in [1.165, 1.54) is 0 Å². The molecule has 0 amide bonds. The molecule has 0 radical (unpaired) electrons. The van der Waals surface area contributed by atoms with Gasteiger partial charge in [-0.3, -0.25) is 4.98 Å². The first-order valence-corrected chi connectivity index (χ1v) is 5.52. The third-order valence-electron chi connectivity index (χ3n) is 2.64. The fraction of sp³-hybridized carbons (Fsp3) is 0.583. The second-order valence-corrected chi connectivity index (χ2v) is 5.04. The monoisotopic (exact) mass is 223 g/mol. The first-order chi connectivity index (χ1) is 7.45. The average Bonchev–Trinajstić information content (AvgIpc) is 2.19. The van der Waals surface area contributed by atoms with Gasteiger partial charge in [0.15, 0.2) is 0 Å². The Hall–Kier alpha value is -1.29. The van der Waals surface area contributed by atoms with Gasteiger partial charge in [-0.25, -0.2) is 0 Å². The summed E-state index contributed by atoms with van der Waals surface area (Å²) in [5, 5.41) is 12.4. The minimum absolute atomic E-state index is 0.0679. The molecular weight excluding hydrogens is 202 g/mol. The molecule has 1 rings (SSSR count). The number of nitrogen functional groups attached to an aromatic ring is 1. The highest BCUT2D eigenvalue weighted by molar-refractivity contribution is 5.64. The van der Waals surface area contributed by atoms with Crippen molar-refractivity contribution in [3.8, 4) is 0 Å². The molecule has 0 aliphatic heterocycles. The lowest BCUT2D eigenvalue weighted by Crippen LogP contribution is -2.35. The van der Waals surface area contributed by atoms with E-state index in [0.29, 0.717) is 12.1 Å². The SMILES string of the molecule is CC(C)(C)C(CCO)Nc1ccncc1N. The molecule has 4 heteroatoms. The van der Waals surface area contributed by atoms with Gasteiger partial charge < -0.3 is 16.2 Å². The minimum Gasteiger partial charge on any atom is -0.396 e. The van der Waals surface area contributed by atoms with Crippen molar-refractivity contribution < 1.29 is 5.11 Å². The maximum atomic E-state index is 9.06. The molecule has 0 aromatic carbocycles. The number of pyridine rings is 1. The highest BCUT2D eigenvalue weighted by Gasteiger charge is 2.24. The van der Waals surface area contributed by atoms with E-state index in [0.717, 1.165) is 5.69 Å². The van der Waals surface area contributed by atoms with Crippen LogP contribution in [0.15, 0.2) is 18.5 Å². The fourth-order valence-corrected chi connectivity index (χ4v) is 1.58. The Bertz CT molecular complexity index is 333. The lowest BCUT2D eigenvalue weighted by atomic mass is 9.85. The van der Waals surface area contributed by atoms with E-state index in [1.54, 1.807) is 12.4 Å². The summed E-state index contributed by atoms with van der Waals surface area (Å²) in [5.41, 5.74) is 7.40. The average molecular weight is 223 g/mol. The van der Waals surface area contributed by atoms with Gasteiger partial charge in [-0.05, 0) is 17.9 Å². The molecule has 1 unspecified atom stereocenters. The van der Waals surface area contributed by atoms with Crippen molar-refractivity contribution in [3.63, 3.8) is 0 Å². The molecule has 0 saturated carbocycles. The van der Waals surface area contributed by atoms with Crippen LogP contribution >= 0.6 is 0 Å². The predicted molar refractivity (Wildman–Crippen MR) is 67.2 cm³/mol. The summed E-state index contributed by atoms with van der Waals surface area (Å²) in [6.45, 7) is 6.58. The highest BCUT2D eigenvalue weighted by atomic mass is 16.3. The van der Waals surface area contributed by atoms with Gasteiger partial charge in [0.05, 0.1) is 17.6 Å². The van der Waals surface area contributed by atoms with Crippen LogP contribution in [0.3, 0.4) is 0 Å². The number of rotatable bonds is 4. The summed E-state index contributed by atoms with van der Waals surface area (Å²) in [6.07, 6.45) is 4.03. The van der Waals surface area contributed by atoms with Crippen LogP contribution in [-0.2, 0) is 0 Å². The molecule has 0 aliphatic carbocycles. The van der Waals surface area contributed by atoms with Crippen molar-refractivity contribution in [1.29, 1.82) is 0 Å². The third-order valence-corrected chi connectivity index (χ3v) is 2.64. The van der Waals surface area contributed by atoms with Gasteiger partial charge >= 0.3 is 0 Å². The molecule has 1 aromatic heterocycles. The number of anilines is 2. The number of hydrogen-bond acceptors (Lipinski definition) is 4. The van der Waals surface area contributed by atoms with Gasteiger partial charge in [-0.1, -0.05) is 20.8 Å². The summed E-state index contributed by atoms with van der Waals surface area (Å²) in [5.74, 6) is 0. The maximum Gasteiger partial charge on any atom is 0.0736 e. The zero-order valence-electron chi connectivity index (χ0n) is 10.2. The van der Waals surface area contributed by atoms with Crippen molar-refractivity contribution >= 4 is 11.4 Å². The van der Waals surface area contributed by atoms with Crippen LogP contribution in [0.2, 0.25) is 0 Å². The summed E-state index contributed by atoms with van der Waals surface area (Å²) >= 11 is 0. The standard InChI is InChI=1S/C12H21N3O/c1-12(2,3)11(5-7-16)15-10-4-6-14-8-9(10)13/h4,6,8,11,16H,5,7,13H2,1-3H3,(H,14,15). The molecule has 4 N–H and O–H groups in total. The zero-order chi connectivity index (χ0) is 12.2. The van der Waals surface area contributed by atoms with E-state index in [9.17, 15) is 0 Å². The van der Waals surface area contributed by atoms with Crippen molar-refractivity contribution in [2.75, 3.05) is 17.7 Å². The van der Waals surface area contributed by atoms with Gasteiger partial charge in [0.1, 0.15) is 0 Å². The summed E-state index contributed by atoms with van der Waals surface area (Å²) in [6, 6.07) is 2.04. The molecule has 4 nitrogen and oxygen atoms in total. The molecule has 0 spiro atoms. The van der Waals surface area contributed by atoms with E-state index < -0.39 is 0 Å². The first-order valence-electron chi connectivity index (χ1n) is 5.52. The Labute approximate surface area is 96.9 Å². The summed E-state index contributed by atoms with van der Waals surface area (Å²) < 4.78 is 0. The summed E-state index contributed by atoms with van der Waals surface area (Å²) in [4.78, 5) is 3.95. The topological polar surface area (TPSA) is 71.2 Å². The largest absolute Gasteiger partial charge is 0.396 e. The molecular formula is C12H21N3O.